The van der Waals surface area contributed by atoms with Crippen LogP contribution in [0.25, 0.3) is 0 Å². The molecule has 0 saturated carbocycles. The molecule has 0 unspecified atom stereocenters. The second-order valence-electron chi connectivity index (χ2n) is 9.23. The predicted octanol–water partition coefficient (Wildman–Crippen LogP) is 5.28. The third kappa shape index (κ3) is 6.68. The molecule has 0 atom stereocenters. The number of nitrogens with one attached hydrogen (secondary N) is 1. The van der Waals surface area contributed by atoms with Crippen LogP contribution in [0.2, 0.25) is 0 Å². The Morgan fingerprint density at radius 3 is 2.45 bits per heavy atom. The summed E-state index contributed by atoms with van der Waals surface area (Å²) in [6.45, 7) is 7.64. The number of anilines is 1. The number of piperidine rings is 1. The van der Waals surface area contributed by atoms with Crippen molar-refractivity contribution in [3.8, 4) is 5.75 Å². The molecule has 6 heteroatoms. The Kier molecular flexibility index (Phi) is 7.79. The third-order valence-corrected chi connectivity index (χ3v) is 6.01. The van der Waals surface area contributed by atoms with E-state index in [1.165, 1.54) is 11.1 Å². The van der Waals surface area contributed by atoms with Crippen molar-refractivity contribution in [2.45, 2.75) is 52.3 Å². The van der Waals surface area contributed by atoms with E-state index in [1.807, 2.05) is 28.9 Å². The first-order valence-electron chi connectivity index (χ1n) is 11.9. The molecule has 0 aliphatic carbocycles. The van der Waals surface area contributed by atoms with Crippen molar-refractivity contribution in [2.24, 2.45) is 5.92 Å². The van der Waals surface area contributed by atoms with Gasteiger partial charge in [0.2, 0.25) is 5.91 Å². The molecule has 4 rings (SSSR count). The zero-order valence-electron chi connectivity index (χ0n) is 19.6. The molecule has 0 radical (unpaired) electrons. The van der Waals surface area contributed by atoms with Crippen molar-refractivity contribution in [2.75, 3.05) is 18.4 Å². The van der Waals surface area contributed by atoms with Gasteiger partial charge in [0.1, 0.15) is 18.2 Å². The minimum Gasteiger partial charge on any atom is -0.489 e. The molecule has 2 heterocycles. The number of ether oxygens (including phenoxy) is 1. The Morgan fingerprint density at radius 1 is 1.03 bits per heavy atom. The first kappa shape index (κ1) is 23.1. The highest BCUT2D eigenvalue weighted by Gasteiger charge is 2.23. The highest BCUT2D eigenvalue weighted by atomic mass is 16.5. The van der Waals surface area contributed by atoms with Gasteiger partial charge < -0.3 is 10.1 Å². The highest BCUT2D eigenvalue weighted by Crippen LogP contribution is 2.27. The van der Waals surface area contributed by atoms with Gasteiger partial charge in [-0.2, -0.15) is 5.10 Å². The summed E-state index contributed by atoms with van der Waals surface area (Å²) in [5.74, 6) is 2.10. The fourth-order valence-corrected chi connectivity index (χ4v) is 4.28. The topological polar surface area (TPSA) is 59.4 Å². The van der Waals surface area contributed by atoms with E-state index in [9.17, 15) is 4.79 Å². The summed E-state index contributed by atoms with van der Waals surface area (Å²) in [6, 6.07) is 20.9. The number of hydrogen-bond donors (Lipinski definition) is 1. The Bertz CT molecular complexity index is 1010. The van der Waals surface area contributed by atoms with Gasteiger partial charge in [-0.05, 0) is 42.0 Å². The van der Waals surface area contributed by atoms with Gasteiger partial charge in [0.05, 0.1) is 12.2 Å². The van der Waals surface area contributed by atoms with Crippen LogP contribution >= 0.6 is 0 Å². The van der Waals surface area contributed by atoms with Crippen LogP contribution in [-0.4, -0.2) is 33.7 Å². The molecule has 2 aromatic carbocycles. The van der Waals surface area contributed by atoms with Gasteiger partial charge >= 0.3 is 0 Å². The van der Waals surface area contributed by atoms with Gasteiger partial charge in [0.15, 0.2) is 0 Å². The van der Waals surface area contributed by atoms with E-state index in [4.69, 9.17) is 4.74 Å². The Labute approximate surface area is 196 Å². The average molecular weight is 447 g/mol. The van der Waals surface area contributed by atoms with Gasteiger partial charge in [-0.1, -0.05) is 56.3 Å². The van der Waals surface area contributed by atoms with Crippen LogP contribution in [0, 0.1) is 5.92 Å². The fourth-order valence-electron chi connectivity index (χ4n) is 4.28. The maximum absolute atomic E-state index is 12.2. The lowest BCUT2D eigenvalue weighted by molar-refractivity contribution is -0.116. The fraction of sp³-hybridized carbons (Fsp3) is 0.407. The Morgan fingerprint density at radius 2 is 1.76 bits per heavy atom. The van der Waals surface area contributed by atoms with Crippen LogP contribution in [0.4, 0.5) is 5.82 Å². The number of nitrogens with zero attached hydrogens (tertiary/aromatic N) is 3. The van der Waals surface area contributed by atoms with Crippen molar-refractivity contribution in [3.05, 3.63) is 78.0 Å². The number of carbonyl (C=O) groups excluding carboxylic acids is 1. The van der Waals surface area contributed by atoms with Crippen molar-refractivity contribution < 1.29 is 9.53 Å². The van der Waals surface area contributed by atoms with Crippen LogP contribution in [0.3, 0.4) is 0 Å². The van der Waals surface area contributed by atoms with Gasteiger partial charge in [0, 0.05) is 32.1 Å². The van der Waals surface area contributed by atoms with E-state index in [0.717, 1.165) is 44.0 Å². The number of aromatic nitrogens is 2. The molecule has 1 aromatic heterocycles. The molecule has 6 nitrogen and oxygen atoms in total. The predicted molar refractivity (Wildman–Crippen MR) is 131 cm³/mol. The lowest BCUT2D eigenvalue weighted by atomic mass is 10.0. The molecule has 1 fully saturated rings. The molecule has 33 heavy (non-hydrogen) atoms. The number of benzene rings is 2. The van der Waals surface area contributed by atoms with E-state index < -0.39 is 0 Å². The summed E-state index contributed by atoms with van der Waals surface area (Å²) in [5, 5.41) is 7.53. The van der Waals surface area contributed by atoms with Crippen molar-refractivity contribution in [1.29, 1.82) is 0 Å². The largest absolute Gasteiger partial charge is 0.489 e. The second-order valence-corrected chi connectivity index (χ2v) is 9.23. The Balaban J connectivity index is 1.24. The van der Waals surface area contributed by atoms with E-state index in [-0.39, 0.29) is 5.91 Å². The van der Waals surface area contributed by atoms with E-state index >= 15 is 0 Å². The molecule has 1 amide bonds. The van der Waals surface area contributed by atoms with Crippen LogP contribution in [0.1, 0.15) is 50.3 Å². The lowest BCUT2D eigenvalue weighted by Crippen LogP contribution is -2.35. The molecule has 1 aliphatic rings. The molecular formula is C27H34N4O2. The van der Waals surface area contributed by atoms with Crippen LogP contribution in [-0.2, 0) is 17.9 Å². The average Bonchev–Trinajstić information content (AvgIpc) is 3.27. The van der Waals surface area contributed by atoms with Crippen molar-refractivity contribution in [1.82, 2.24) is 14.7 Å². The van der Waals surface area contributed by atoms with Gasteiger partial charge in [-0.15, -0.1) is 0 Å². The molecule has 1 aliphatic heterocycles. The van der Waals surface area contributed by atoms with E-state index in [0.29, 0.717) is 25.0 Å². The molecular weight excluding hydrogens is 412 g/mol. The zero-order chi connectivity index (χ0) is 23.0. The van der Waals surface area contributed by atoms with E-state index in [1.54, 1.807) is 6.20 Å². The lowest BCUT2D eigenvalue weighted by Gasteiger charge is -2.32. The summed E-state index contributed by atoms with van der Waals surface area (Å²) in [5.41, 5.74) is 2.46. The molecule has 1 N–H and O–H groups in total. The maximum atomic E-state index is 12.2. The summed E-state index contributed by atoms with van der Waals surface area (Å²) in [4.78, 5) is 14.7. The molecule has 174 valence electrons. The monoisotopic (exact) mass is 446 g/mol. The molecule has 1 saturated heterocycles. The van der Waals surface area contributed by atoms with Gasteiger partial charge in [-0.25, -0.2) is 4.68 Å². The summed E-state index contributed by atoms with van der Waals surface area (Å²) < 4.78 is 7.89. The van der Waals surface area contributed by atoms with Crippen LogP contribution < -0.4 is 10.1 Å². The van der Waals surface area contributed by atoms with Crippen molar-refractivity contribution >= 4 is 11.7 Å². The minimum absolute atomic E-state index is 0.0559. The standard InChI is InChI=1S/C27H34N4O2/c1-21(2)18-27(32)29-26-12-15-28-31(26)24-13-16-30(17-14-24)19-22-8-10-25(11-9-22)33-20-23-6-4-3-5-7-23/h3-12,15,21,24H,13-14,16-20H2,1-2H3,(H,29,32). The quantitative estimate of drug-likeness (QED) is 0.486. The molecule has 0 bridgehead atoms. The van der Waals surface area contributed by atoms with Gasteiger partial charge in [0.25, 0.3) is 0 Å². The number of carbonyl (C=O) groups is 1. The molecule has 3 aromatic rings. The smallest absolute Gasteiger partial charge is 0.225 e. The first-order chi connectivity index (χ1) is 16.1. The van der Waals surface area contributed by atoms with Crippen LogP contribution in [0.15, 0.2) is 66.9 Å². The summed E-state index contributed by atoms with van der Waals surface area (Å²) >= 11 is 0. The maximum Gasteiger partial charge on any atom is 0.225 e. The van der Waals surface area contributed by atoms with Gasteiger partial charge in [-0.3, -0.25) is 9.69 Å². The number of likely N-dealkylation sites (tertiary alicyclic amines) is 1. The summed E-state index contributed by atoms with van der Waals surface area (Å²) in [6.07, 6.45) is 4.35. The number of rotatable bonds is 9. The number of hydrogen-bond acceptors (Lipinski definition) is 4. The van der Waals surface area contributed by atoms with E-state index in [2.05, 4.69) is 65.6 Å². The normalized spacial score (nSPS) is 15.0. The zero-order valence-corrected chi connectivity index (χ0v) is 19.6. The molecule has 0 spiro atoms. The first-order valence-corrected chi connectivity index (χ1v) is 11.9. The minimum atomic E-state index is 0.0559. The number of amides is 1. The second kappa shape index (κ2) is 11.1. The van der Waals surface area contributed by atoms with Crippen molar-refractivity contribution in [3.63, 3.8) is 0 Å². The SMILES string of the molecule is CC(C)CC(=O)Nc1ccnn1C1CCN(Cc2ccc(OCc3ccccc3)cc2)CC1. The third-order valence-electron chi connectivity index (χ3n) is 6.01. The van der Waals surface area contributed by atoms with Crippen LogP contribution in [0.5, 0.6) is 5.75 Å². The highest BCUT2D eigenvalue weighted by molar-refractivity contribution is 5.89. The summed E-state index contributed by atoms with van der Waals surface area (Å²) in [7, 11) is 0. The Hall–Kier alpha value is -3.12.